The van der Waals surface area contributed by atoms with Crippen LogP contribution in [0.2, 0.25) is 0 Å². The summed E-state index contributed by atoms with van der Waals surface area (Å²) in [6.45, 7) is 4.12. The highest BCUT2D eigenvalue weighted by atomic mass is 16.2. The van der Waals surface area contributed by atoms with Crippen molar-refractivity contribution in [2.75, 3.05) is 24.5 Å². The van der Waals surface area contributed by atoms with Gasteiger partial charge in [0.05, 0.1) is 6.04 Å². The van der Waals surface area contributed by atoms with Crippen LogP contribution in [0.1, 0.15) is 26.2 Å². The van der Waals surface area contributed by atoms with Gasteiger partial charge in [-0.05, 0) is 38.3 Å². The van der Waals surface area contributed by atoms with Crippen LogP contribution in [0.15, 0.2) is 24.4 Å². The molecule has 116 valence electrons. The molecule has 6 heteroatoms. The van der Waals surface area contributed by atoms with Crippen molar-refractivity contribution in [3.8, 4) is 0 Å². The van der Waals surface area contributed by atoms with Crippen molar-refractivity contribution in [3.05, 3.63) is 24.4 Å². The number of pyridine rings is 1. The van der Waals surface area contributed by atoms with Crippen LogP contribution < -0.4 is 4.90 Å². The van der Waals surface area contributed by atoms with E-state index in [0.29, 0.717) is 13.1 Å². The maximum Gasteiger partial charge on any atom is 0.327 e. The van der Waals surface area contributed by atoms with Crippen LogP contribution >= 0.6 is 0 Å². The van der Waals surface area contributed by atoms with E-state index in [1.54, 1.807) is 11.1 Å². The molecule has 22 heavy (non-hydrogen) atoms. The lowest BCUT2D eigenvalue weighted by Crippen LogP contribution is -2.45. The van der Waals surface area contributed by atoms with E-state index in [1.165, 1.54) is 4.90 Å². The maximum atomic E-state index is 12.8. The Morgan fingerprint density at radius 2 is 2.14 bits per heavy atom. The van der Waals surface area contributed by atoms with Gasteiger partial charge in [-0.2, -0.15) is 0 Å². The van der Waals surface area contributed by atoms with E-state index in [4.69, 9.17) is 0 Å². The average molecular weight is 300 g/mol. The Labute approximate surface area is 129 Å². The summed E-state index contributed by atoms with van der Waals surface area (Å²) in [4.78, 5) is 35.2. The Balaban J connectivity index is 1.54. The molecular formula is C16H20N4O2. The minimum atomic E-state index is -0.602. The van der Waals surface area contributed by atoms with Crippen LogP contribution in [0.5, 0.6) is 0 Å². The molecule has 0 spiro atoms. The Morgan fingerprint density at radius 1 is 1.27 bits per heavy atom. The lowest BCUT2D eigenvalue weighted by Gasteiger charge is -2.24. The van der Waals surface area contributed by atoms with Crippen molar-refractivity contribution in [1.29, 1.82) is 0 Å². The molecule has 0 bridgehead atoms. The van der Waals surface area contributed by atoms with E-state index in [-0.39, 0.29) is 18.0 Å². The Morgan fingerprint density at radius 3 is 2.86 bits per heavy atom. The second kappa shape index (κ2) is 4.69. The molecule has 4 heterocycles. The number of amides is 3. The van der Waals surface area contributed by atoms with Crippen LogP contribution in [0.25, 0.3) is 0 Å². The van der Waals surface area contributed by atoms with Gasteiger partial charge in [0.25, 0.3) is 5.91 Å². The van der Waals surface area contributed by atoms with Gasteiger partial charge in [-0.25, -0.2) is 9.78 Å². The topological polar surface area (TPSA) is 56.8 Å². The molecule has 0 aromatic carbocycles. The number of hydrogen-bond donors (Lipinski definition) is 0. The molecule has 3 saturated heterocycles. The van der Waals surface area contributed by atoms with Gasteiger partial charge >= 0.3 is 6.03 Å². The van der Waals surface area contributed by atoms with E-state index in [1.807, 2.05) is 25.1 Å². The van der Waals surface area contributed by atoms with E-state index in [0.717, 1.165) is 31.6 Å². The average Bonchev–Trinajstić information content (AvgIpc) is 3.19. The normalized spacial score (nSPS) is 31.3. The summed E-state index contributed by atoms with van der Waals surface area (Å²) in [6, 6.07) is 5.68. The molecule has 0 aliphatic carbocycles. The summed E-state index contributed by atoms with van der Waals surface area (Å²) in [6.07, 6.45) is 4.29. The molecule has 1 aromatic heterocycles. The zero-order valence-electron chi connectivity index (χ0n) is 12.7. The highest BCUT2D eigenvalue weighted by molar-refractivity contribution is 6.07. The summed E-state index contributed by atoms with van der Waals surface area (Å²) in [5, 5.41) is 0. The fourth-order valence-corrected chi connectivity index (χ4v) is 3.99. The number of urea groups is 1. The van der Waals surface area contributed by atoms with Gasteiger partial charge in [-0.15, -0.1) is 0 Å². The molecule has 2 atom stereocenters. The van der Waals surface area contributed by atoms with Gasteiger partial charge in [0, 0.05) is 25.8 Å². The summed E-state index contributed by atoms with van der Waals surface area (Å²) in [5.74, 6) is 0.902. The molecule has 1 aromatic rings. The number of carbonyl (C=O) groups excluding carboxylic acids is 2. The smallest absolute Gasteiger partial charge is 0.327 e. The van der Waals surface area contributed by atoms with E-state index in [2.05, 4.69) is 9.88 Å². The third-order valence-electron chi connectivity index (χ3n) is 5.26. The fraction of sp³-hybridized carbons (Fsp3) is 0.562. The highest BCUT2D eigenvalue weighted by Gasteiger charge is 2.58. The monoisotopic (exact) mass is 300 g/mol. The highest BCUT2D eigenvalue weighted by Crippen LogP contribution is 2.39. The second-order valence-corrected chi connectivity index (χ2v) is 6.56. The Hall–Kier alpha value is -2.11. The van der Waals surface area contributed by atoms with E-state index in [9.17, 15) is 9.59 Å². The van der Waals surface area contributed by atoms with Crippen LogP contribution in [0.4, 0.5) is 10.6 Å². The molecule has 2 unspecified atom stereocenters. The Bertz CT molecular complexity index is 620. The largest absolute Gasteiger partial charge is 0.354 e. The minimum Gasteiger partial charge on any atom is -0.354 e. The van der Waals surface area contributed by atoms with Gasteiger partial charge in [0.15, 0.2) is 0 Å². The molecule has 0 radical (unpaired) electrons. The standard InChI is InChI=1S/C16H20N4O2/c1-16-7-4-9-19(16)15(22)20(14(16)21)12-6-10-18(11-12)13-5-2-3-8-17-13/h2-3,5,8,12H,4,6-7,9-11H2,1H3. The van der Waals surface area contributed by atoms with Gasteiger partial charge in [0.1, 0.15) is 11.4 Å². The van der Waals surface area contributed by atoms with Crippen molar-refractivity contribution in [2.24, 2.45) is 0 Å². The summed E-state index contributed by atoms with van der Waals surface area (Å²) in [5.41, 5.74) is -0.602. The lowest BCUT2D eigenvalue weighted by molar-refractivity contribution is -0.133. The number of rotatable bonds is 2. The van der Waals surface area contributed by atoms with Gasteiger partial charge in [-0.3, -0.25) is 9.69 Å². The first kappa shape index (κ1) is 13.5. The Kier molecular flexibility index (Phi) is 2.89. The number of aromatic nitrogens is 1. The van der Waals surface area contributed by atoms with E-state index >= 15 is 0 Å². The van der Waals surface area contributed by atoms with E-state index < -0.39 is 5.54 Å². The molecule has 3 aliphatic rings. The first-order valence-electron chi connectivity index (χ1n) is 7.92. The zero-order valence-corrected chi connectivity index (χ0v) is 12.7. The lowest BCUT2D eigenvalue weighted by atomic mass is 9.99. The molecule has 0 saturated carbocycles. The number of carbonyl (C=O) groups is 2. The molecule has 4 rings (SSSR count). The molecule has 3 amide bonds. The van der Waals surface area contributed by atoms with Crippen LogP contribution in [0.3, 0.4) is 0 Å². The van der Waals surface area contributed by atoms with Gasteiger partial charge in [0.2, 0.25) is 0 Å². The number of imide groups is 1. The zero-order chi connectivity index (χ0) is 15.3. The van der Waals surface area contributed by atoms with Gasteiger partial charge in [-0.1, -0.05) is 6.07 Å². The predicted molar refractivity (Wildman–Crippen MR) is 81.4 cm³/mol. The van der Waals surface area contributed by atoms with Crippen LogP contribution in [-0.4, -0.2) is 57.9 Å². The summed E-state index contributed by atoms with van der Waals surface area (Å²) >= 11 is 0. The predicted octanol–water partition coefficient (Wildman–Crippen LogP) is 1.48. The minimum absolute atomic E-state index is 0.0112. The third-order valence-corrected chi connectivity index (χ3v) is 5.26. The first-order chi connectivity index (χ1) is 10.6. The van der Waals surface area contributed by atoms with Crippen molar-refractivity contribution in [1.82, 2.24) is 14.8 Å². The van der Waals surface area contributed by atoms with Crippen molar-refractivity contribution in [2.45, 2.75) is 37.8 Å². The van der Waals surface area contributed by atoms with Crippen molar-refractivity contribution >= 4 is 17.8 Å². The molecule has 0 N–H and O–H groups in total. The molecular weight excluding hydrogens is 280 g/mol. The molecule has 6 nitrogen and oxygen atoms in total. The van der Waals surface area contributed by atoms with Crippen molar-refractivity contribution < 1.29 is 9.59 Å². The van der Waals surface area contributed by atoms with Crippen molar-refractivity contribution in [3.63, 3.8) is 0 Å². The SMILES string of the molecule is CC12CCCN1C(=O)N(C1CCN(c3ccccn3)C1)C2=O. The quantitative estimate of drug-likeness (QED) is 0.776. The number of fused-ring (bicyclic) bond motifs is 1. The number of hydrogen-bond acceptors (Lipinski definition) is 4. The summed E-state index contributed by atoms with van der Waals surface area (Å²) in [7, 11) is 0. The maximum absolute atomic E-state index is 12.8. The second-order valence-electron chi connectivity index (χ2n) is 6.56. The third kappa shape index (κ3) is 1.76. The fourth-order valence-electron chi connectivity index (χ4n) is 3.99. The molecule has 3 aliphatic heterocycles. The van der Waals surface area contributed by atoms with Gasteiger partial charge < -0.3 is 9.80 Å². The summed E-state index contributed by atoms with van der Waals surface area (Å²) < 4.78 is 0. The number of anilines is 1. The van der Waals surface area contributed by atoms with Crippen LogP contribution in [0, 0.1) is 0 Å². The molecule has 3 fully saturated rings. The number of nitrogens with zero attached hydrogens (tertiary/aromatic N) is 4. The first-order valence-corrected chi connectivity index (χ1v) is 7.92. The van der Waals surface area contributed by atoms with Crippen LogP contribution in [-0.2, 0) is 4.79 Å².